The molecule has 31 heavy (non-hydrogen) atoms. The number of hydrogen-bond acceptors (Lipinski definition) is 4. The second-order valence-corrected chi connectivity index (χ2v) is 10.3. The first kappa shape index (κ1) is 23.3. The molecule has 1 heterocycles. The molecule has 0 aliphatic carbocycles. The Morgan fingerprint density at radius 2 is 1.71 bits per heavy atom. The first-order valence-corrected chi connectivity index (χ1v) is 12.7. The summed E-state index contributed by atoms with van der Waals surface area (Å²) in [5, 5.41) is 2.90. The first-order chi connectivity index (χ1) is 14.7. The Morgan fingerprint density at radius 3 is 2.35 bits per heavy atom. The molecule has 1 aliphatic rings. The van der Waals surface area contributed by atoms with E-state index in [1.165, 1.54) is 29.1 Å². The van der Waals surface area contributed by atoms with Gasteiger partial charge in [0.25, 0.3) is 0 Å². The number of nitrogens with zero attached hydrogens (tertiary/aromatic N) is 2. The van der Waals surface area contributed by atoms with Crippen LogP contribution in [0.3, 0.4) is 0 Å². The number of carbonyl (C=O) groups is 1. The van der Waals surface area contributed by atoms with Crippen molar-refractivity contribution in [1.29, 1.82) is 0 Å². The number of benzene rings is 2. The van der Waals surface area contributed by atoms with E-state index >= 15 is 0 Å². The molecule has 6 nitrogen and oxygen atoms in total. The van der Waals surface area contributed by atoms with E-state index in [2.05, 4.69) is 22.3 Å². The summed E-state index contributed by atoms with van der Waals surface area (Å²) in [5.41, 5.74) is 3.76. The van der Waals surface area contributed by atoms with Crippen LogP contribution in [0.25, 0.3) is 0 Å². The summed E-state index contributed by atoms with van der Waals surface area (Å²) in [6, 6.07) is 14.5. The second kappa shape index (κ2) is 10.3. The zero-order valence-electron chi connectivity index (χ0n) is 18.7. The lowest BCUT2D eigenvalue weighted by molar-refractivity contribution is -0.122. The van der Waals surface area contributed by atoms with Gasteiger partial charge in [-0.1, -0.05) is 48.4 Å². The monoisotopic (exact) mass is 443 g/mol. The average molecular weight is 444 g/mol. The topological polar surface area (TPSA) is 69.7 Å². The van der Waals surface area contributed by atoms with E-state index in [9.17, 15) is 13.2 Å². The minimum atomic E-state index is -3.61. The third-order valence-electron chi connectivity index (χ3n) is 5.69. The maximum absolute atomic E-state index is 12.8. The molecule has 1 amide bonds. The SMILES string of the molecule is Cc1ccc(N([C@@H](C)C(=O)NCc2cccc(CN3CCCCC3)c2)S(C)(=O)=O)cc1. The summed E-state index contributed by atoms with van der Waals surface area (Å²) >= 11 is 0. The predicted octanol–water partition coefficient (Wildman–Crippen LogP) is 3.45. The molecular weight excluding hydrogens is 410 g/mol. The number of likely N-dealkylation sites (tertiary alicyclic amines) is 1. The minimum Gasteiger partial charge on any atom is -0.350 e. The normalized spacial score (nSPS) is 16.0. The van der Waals surface area contributed by atoms with Crippen molar-refractivity contribution in [3.8, 4) is 0 Å². The Labute approximate surface area is 186 Å². The summed E-state index contributed by atoms with van der Waals surface area (Å²) < 4.78 is 26.0. The number of anilines is 1. The number of carbonyl (C=O) groups excluding carboxylic acids is 1. The van der Waals surface area contributed by atoms with Crippen LogP contribution in [0, 0.1) is 6.92 Å². The van der Waals surface area contributed by atoms with Crippen LogP contribution in [0.2, 0.25) is 0 Å². The predicted molar refractivity (Wildman–Crippen MR) is 125 cm³/mol. The Hall–Kier alpha value is -2.38. The highest BCUT2D eigenvalue weighted by Crippen LogP contribution is 2.21. The van der Waals surface area contributed by atoms with E-state index < -0.39 is 16.1 Å². The van der Waals surface area contributed by atoms with E-state index in [4.69, 9.17) is 0 Å². The van der Waals surface area contributed by atoms with Gasteiger partial charge in [-0.15, -0.1) is 0 Å². The van der Waals surface area contributed by atoms with Crippen LogP contribution in [0.5, 0.6) is 0 Å². The van der Waals surface area contributed by atoms with Crippen LogP contribution in [-0.4, -0.2) is 44.6 Å². The van der Waals surface area contributed by atoms with Gasteiger partial charge in [-0.2, -0.15) is 0 Å². The van der Waals surface area contributed by atoms with E-state index in [-0.39, 0.29) is 5.91 Å². The molecule has 0 saturated carbocycles. The average Bonchev–Trinajstić information content (AvgIpc) is 2.73. The molecule has 1 N–H and O–H groups in total. The van der Waals surface area contributed by atoms with Gasteiger partial charge >= 0.3 is 0 Å². The van der Waals surface area contributed by atoms with E-state index in [1.807, 2.05) is 31.2 Å². The maximum Gasteiger partial charge on any atom is 0.243 e. The van der Waals surface area contributed by atoms with Gasteiger partial charge in [0.15, 0.2) is 0 Å². The summed E-state index contributed by atoms with van der Waals surface area (Å²) in [6.45, 7) is 7.11. The van der Waals surface area contributed by atoms with Crippen LogP contribution < -0.4 is 9.62 Å². The molecule has 0 bridgehead atoms. The Morgan fingerprint density at radius 1 is 1.06 bits per heavy atom. The zero-order chi connectivity index (χ0) is 22.4. The molecule has 0 radical (unpaired) electrons. The number of rotatable bonds is 8. The van der Waals surface area contributed by atoms with Gasteiger partial charge in [0.2, 0.25) is 15.9 Å². The Kier molecular flexibility index (Phi) is 7.73. The highest BCUT2D eigenvalue weighted by molar-refractivity contribution is 7.92. The van der Waals surface area contributed by atoms with Crippen molar-refractivity contribution in [2.75, 3.05) is 23.7 Å². The van der Waals surface area contributed by atoms with Gasteiger partial charge in [0.05, 0.1) is 11.9 Å². The molecule has 2 aromatic carbocycles. The van der Waals surface area contributed by atoms with Crippen LogP contribution in [0.4, 0.5) is 5.69 Å². The third-order valence-corrected chi connectivity index (χ3v) is 6.93. The van der Waals surface area contributed by atoms with Crippen molar-refractivity contribution >= 4 is 21.6 Å². The molecule has 0 aromatic heterocycles. The van der Waals surface area contributed by atoms with Crippen LogP contribution in [0.1, 0.15) is 42.9 Å². The number of sulfonamides is 1. The second-order valence-electron chi connectivity index (χ2n) is 8.44. The molecule has 1 aliphatic heterocycles. The number of amides is 1. The van der Waals surface area contributed by atoms with Crippen molar-refractivity contribution in [3.05, 3.63) is 65.2 Å². The summed E-state index contributed by atoms with van der Waals surface area (Å²) in [6.07, 6.45) is 4.95. The van der Waals surface area contributed by atoms with Gasteiger partial charge in [0, 0.05) is 13.1 Å². The molecule has 0 unspecified atom stereocenters. The van der Waals surface area contributed by atoms with Gasteiger partial charge < -0.3 is 5.32 Å². The quantitative estimate of drug-likeness (QED) is 0.678. The van der Waals surface area contributed by atoms with Crippen molar-refractivity contribution < 1.29 is 13.2 Å². The third kappa shape index (κ3) is 6.55. The van der Waals surface area contributed by atoms with Gasteiger partial charge in [0.1, 0.15) is 6.04 Å². The first-order valence-electron chi connectivity index (χ1n) is 10.9. The zero-order valence-corrected chi connectivity index (χ0v) is 19.5. The molecule has 2 aromatic rings. The maximum atomic E-state index is 12.8. The smallest absolute Gasteiger partial charge is 0.243 e. The molecule has 1 saturated heterocycles. The van der Waals surface area contributed by atoms with Crippen molar-refractivity contribution in [2.45, 2.75) is 52.2 Å². The minimum absolute atomic E-state index is 0.326. The van der Waals surface area contributed by atoms with E-state index in [0.29, 0.717) is 12.2 Å². The van der Waals surface area contributed by atoms with E-state index in [0.717, 1.165) is 37.0 Å². The Bertz CT molecular complexity index is 983. The van der Waals surface area contributed by atoms with Crippen LogP contribution >= 0.6 is 0 Å². The van der Waals surface area contributed by atoms with Gasteiger partial charge in [-0.3, -0.25) is 14.0 Å². The summed E-state index contributed by atoms with van der Waals surface area (Å²) in [7, 11) is -3.61. The number of nitrogens with one attached hydrogen (secondary N) is 1. The van der Waals surface area contributed by atoms with E-state index in [1.54, 1.807) is 19.1 Å². The molecular formula is C24H33N3O3S. The standard InChI is InChI=1S/C24H33N3O3S/c1-19-10-12-23(13-11-19)27(31(3,29)30)20(2)24(28)25-17-21-8-7-9-22(16-21)18-26-14-5-4-6-15-26/h7-13,16,20H,4-6,14-15,17-18H2,1-3H3,(H,25,28)/t20-/m0/s1. The fraction of sp³-hybridized carbons (Fsp3) is 0.458. The highest BCUT2D eigenvalue weighted by Gasteiger charge is 2.28. The molecule has 1 atom stereocenters. The lowest BCUT2D eigenvalue weighted by atomic mass is 10.1. The van der Waals surface area contributed by atoms with Crippen molar-refractivity contribution in [1.82, 2.24) is 10.2 Å². The molecule has 0 spiro atoms. The Balaban J connectivity index is 1.64. The molecule has 1 fully saturated rings. The number of hydrogen-bond donors (Lipinski definition) is 1. The van der Waals surface area contributed by atoms with Crippen LogP contribution in [0.15, 0.2) is 48.5 Å². The lowest BCUT2D eigenvalue weighted by Crippen LogP contribution is -2.47. The fourth-order valence-electron chi connectivity index (χ4n) is 4.05. The van der Waals surface area contributed by atoms with Crippen molar-refractivity contribution in [3.63, 3.8) is 0 Å². The summed E-state index contributed by atoms with van der Waals surface area (Å²) in [4.78, 5) is 15.3. The highest BCUT2D eigenvalue weighted by atomic mass is 32.2. The largest absolute Gasteiger partial charge is 0.350 e. The van der Waals surface area contributed by atoms with Gasteiger partial charge in [-0.05, 0) is 63.0 Å². The summed E-state index contributed by atoms with van der Waals surface area (Å²) in [5.74, 6) is -0.326. The number of aryl methyl sites for hydroxylation is 1. The number of piperidine rings is 1. The van der Waals surface area contributed by atoms with Crippen LogP contribution in [-0.2, 0) is 27.9 Å². The lowest BCUT2D eigenvalue weighted by Gasteiger charge is -2.28. The molecule has 168 valence electrons. The van der Waals surface area contributed by atoms with Crippen molar-refractivity contribution in [2.24, 2.45) is 0 Å². The van der Waals surface area contributed by atoms with Gasteiger partial charge in [-0.25, -0.2) is 8.42 Å². The fourth-order valence-corrected chi connectivity index (χ4v) is 5.23. The molecule has 3 rings (SSSR count). The molecule has 7 heteroatoms.